The highest BCUT2D eigenvalue weighted by atomic mass is 31.0. The first-order valence-electron chi connectivity index (χ1n) is 3.31. The van der Waals surface area contributed by atoms with Gasteiger partial charge in [0, 0.05) is 10.9 Å². The standard InChI is InChI=1S/C8H9O3P/c1-11-7-6(10)3-2-5(4-9)8(7)12/h2-4,10H,12H2,1H3. The average Bonchev–Trinajstić information content (AvgIpc) is 2.06. The van der Waals surface area contributed by atoms with Crippen LogP contribution in [0.2, 0.25) is 0 Å². The fourth-order valence-corrected chi connectivity index (χ4v) is 1.35. The SMILES string of the molecule is COc1c(O)ccc(C=O)c1P. The fourth-order valence-electron chi connectivity index (χ4n) is 0.921. The molecule has 0 heterocycles. The summed E-state index contributed by atoms with van der Waals surface area (Å²) in [7, 11) is 3.79. The lowest BCUT2D eigenvalue weighted by Crippen LogP contribution is -2.04. The molecule has 0 aromatic heterocycles. The lowest BCUT2D eigenvalue weighted by atomic mass is 10.2. The summed E-state index contributed by atoms with van der Waals surface area (Å²) in [6.45, 7) is 0. The van der Waals surface area contributed by atoms with Crippen molar-refractivity contribution in [2.45, 2.75) is 0 Å². The minimum absolute atomic E-state index is 0.0353. The summed E-state index contributed by atoms with van der Waals surface area (Å²) in [6.07, 6.45) is 0.713. The van der Waals surface area contributed by atoms with Gasteiger partial charge in [0.2, 0.25) is 0 Å². The Morgan fingerprint density at radius 2 is 2.25 bits per heavy atom. The number of hydrogen-bond donors (Lipinski definition) is 1. The highest BCUT2D eigenvalue weighted by Crippen LogP contribution is 2.25. The third-order valence-electron chi connectivity index (χ3n) is 1.54. The van der Waals surface area contributed by atoms with E-state index in [1.807, 2.05) is 0 Å². The molecule has 1 aromatic carbocycles. The molecule has 0 aliphatic rings. The van der Waals surface area contributed by atoms with Gasteiger partial charge in [0.15, 0.2) is 17.8 Å². The predicted octanol–water partition coefficient (Wildman–Crippen LogP) is 0.714. The molecular weight excluding hydrogens is 175 g/mol. The van der Waals surface area contributed by atoms with Crippen LogP contribution in [-0.4, -0.2) is 18.5 Å². The second kappa shape index (κ2) is 3.55. The van der Waals surface area contributed by atoms with Crippen molar-refractivity contribution in [3.8, 4) is 11.5 Å². The first-order chi connectivity index (χ1) is 5.70. The van der Waals surface area contributed by atoms with Gasteiger partial charge < -0.3 is 9.84 Å². The Morgan fingerprint density at radius 1 is 1.58 bits per heavy atom. The van der Waals surface area contributed by atoms with E-state index in [9.17, 15) is 9.90 Å². The third kappa shape index (κ3) is 1.41. The largest absolute Gasteiger partial charge is 0.504 e. The molecule has 1 N–H and O–H groups in total. The van der Waals surface area contributed by atoms with Gasteiger partial charge in [-0.05, 0) is 12.1 Å². The number of phenols is 1. The third-order valence-corrected chi connectivity index (χ3v) is 2.14. The number of hydrogen-bond acceptors (Lipinski definition) is 3. The molecule has 4 heteroatoms. The molecule has 0 radical (unpaired) electrons. The molecule has 0 amide bonds. The topological polar surface area (TPSA) is 46.5 Å². The second-order valence-corrected chi connectivity index (χ2v) is 2.82. The van der Waals surface area contributed by atoms with Crippen LogP contribution in [0.25, 0.3) is 0 Å². The number of phenolic OH excluding ortho intramolecular Hbond substituents is 1. The minimum Gasteiger partial charge on any atom is -0.504 e. The van der Waals surface area contributed by atoms with Gasteiger partial charge in [-0.2, -0.15) is 0 Å². The quantitative estimate of drug-likeness (QED) is 0.544. The van der Waals surface area contributed by atoms with Crippen LogP contribution < -0.4 is 10.0 Å². The normalized spacial score (nSPS) is 9.50. The zero-order valence-electron chi connectivity index (χ0n) is 6.57. The lowest BCUT2D eigenvalue weighted by Gasteiger charge is -2.07. The Morgan fingerprint density at radius 3 is 2.75 bits per heavy atom. The van der Waals surface area contributed by atoms with Gasteiger partial charge in [-0.25, -0.2) is 0 Å². The molecule has 0 saturated heterocycles. The molecule has 0 fully saturated rings. The molecule has 1 unspecified atom stereocenters. The molecule has 1 aromatic rings. The van der Waals surface area contributed by atoms with Crippen molar-refractivity contribution in [3.05, 3.63) is 17.7 Å². The molecule has 64 valence electrons. The molecular formula is C8H9O3P. The van der Waals surface area contributed by atoms with Crippen molar-refractivity contribution >= 4 is 20.8 Å². The van der Waals surface area contributed by atoms with Crippen LogP contribution in [0.1, 0.15) is 10.4 Å². The van der Waals surface area contributed by atoms with Gasteiger partial charge in [-0.1, -0.05) is 0 Å². The molecule has 0 aliphatic carbocycles. The molecule has 0 spiro atoms. The van der Waals surface area contributed by atoms with Gasteiger partial charge in [0.05, 0.1) is 7.11 Å². The summed E-state index contributed by atoms with van der Waals surface area (Å²) in [5.74, 6) is 0.359. The van der Waals surface area contributed by atoms with Crippen LogP contribution >= 0.6 is 9.24 Å². The number of methoxy groups -OCH3 is 1. The zero-order chi connectivity index (χ0) is 9.14. The maximum atomic E-state index is 10.5. The highest BCUT2D eigenvalue weighted by Gasteiger charge is 2.08. The van der Waals surface area contributed by atoms with Gasteiger partial charge in [-0.15, -0.1) is 9.24 Å². The van der Waals surface area contributed by atoms with Gasteiger partial charge in [0.25, 0.3) is 0 Å². The van der Waals surface area contributed by atoms with E-state index in [0.29, 0.717) is 22.9 Å². The lowest BCUT2D eigenvalue weighted by molar-refractivity contribution is 0.112. The molecule has 0 saturated carbocycles. The van der Waals surface area contributed by atoms with Gasteiger partial charge in [0.1, 0.15) is 0 Å². The predicted molar refractivity (Wildman–Crippen MR) is 49.4 cm³/mol. The number of benzene rings is 1. The average molecular weight is 184 g/mol. The van der Waals surface area contributed by atoms with Crippen LogP contribution in [-0.2, 0) is 0 Å². The first kappa shape index (κ1) is 9.01. The van der Waals surface area contributed by atoms with Crippen LogP contribution in [0.4, 0.5) is 0 Å². The Kier molecular flexibility index (Phi) is 2.66. The van der Waals surface area contributed by atoms with E-state index < -0.39 is 0 Å². The summed E-state index contributed by atoms with van der Waals surface area (Å²) in [4.78, 5) is 10.5. The Balaban J connectivity index is 3.33. The maximum absolute atomic E-state index is 10.5. The monoisotopic (exact) mass is 184 g/mol. The van der Waals surface area contributed by atoms with Crippen LogP contribution in [0.3, 0.4) is 0 Å². The molecule has 3 nitrogen and oxygen atoms in total. The summed E-state index contributed by atoms with van der Waals surface area (Å²) in [5.41, 5.74) is 0.495. The van der Waals surface area contributed by atoms with Crippen molar-refractivity contribution in [3.63, 3.8) is 0 Å². The summed E-state index contributed by atoms with van der Waals surface area (Å²) in [6, 6.07) is 2.96. The van der Waals surface area contributed by atoms with E-state index >= 15 is 0 Å². The van der Waals surface area contributed by atoms with E-state index in [2.05, 4.69) is 9.24 Å². The van der Waals surface area contributed by atoms with Crippen LogP contribution in [0.5, 0.6) is 11.5 Å². The molecule has 1 rings (SSSR count). The van der Waals surface area contributed by atoms with Crippen LogP contribution in [0.15, 0.2) is 12.1 Å². The fraction of sp³-hybridized carbons (Fsp3) is 0.125. The Labute approximate surface area is 72.6 Å². The van der Waals surface area contributed by atoms with E-state index in [1.54, 1.807) is 0 Å². The van der Waals surface area contributed by atoms with E-state index in [1.165, 1.54) is 19.2 Å². The molecule has 12 heavy (non-hydrogen) atoms. The van der Waals surface area contributed by atoms with Crippen molar-refractivity contribution < 1.29 is 14.6 Å². The number of carbonyl (C=O) groups excluding carboxylic acids is 1. The molecule has 1 atom stereocenters. The van der Waals surface area contributed by atoms with E-state index in [4.69, 9.17) is 4.74 Å². The minimum atomic E-state index is 0.0353. The maximum Gasteiger partial charge on any atom is 0.168 e. The van der Waals surface area contributed by atoms with E-state index in [-0.39, 0.29) is 5.75 Å². The first-order valence-corrected chi connectivity index (χ1v) is 3.89. The summed E-state index contributed by atoms with van der Waals surface area (Å²) in [5, 5.41) is 9.83. The van der Waals surface area contributed by atoms with Crippen molar-refractivity contribution in [1.29, 1.82) is 0 Å². The zero-order valence-corrected chi connectivity index (χ0v) is 7.73. The van der Waals surface area contributed by atoms with Crippen LogP contribution in [0, 0.1) is 0 Å². The number of aldehydes is 1. The summed E-state index contributed by atoms with van der Waals surface area (Å²) < 4.78 is 4.89. The number of ether oxygens (including phenoxy) is 1. The smallest absolute Gasteiger partial charge is 0.168 e. The van der Waals surface area contributed by atoms with Crippen molar-refractivity contribution in [1.82, 2.24) is 0 Å². The Bertz CT molecular complexity index is 309. The van der Waals surface area contributed by atoms with Gasteiger partial charge >= 0.3 is 0 Å². The Hall–Kier alpha value is -1.08. The molecule has 0 bridgehead atoms. The highest BCUT2D eigenvalue weighted by molar-refractivity contribution is 7.28. The summed E-state index contributed by atoms with van der Waals surface area (Å²) >= 11 is 0. The van der Waals surface area contributed by atoms with Crippen molar-refractivity contribution in [2.75, 3.05) is 7.11 Å². The molecule has 0 aliphatic heterocycles. The second-order valence-electron chi connectivity index (χ2n) is 2.24. The number of rotatable bonds is 2. The number of carbonyl (C=O) groups is 1. The van der Waals surface area contributed by atoms with Gasteiger partial charge in [-0.3, -0.25) is 4.79 Å². The van der Waals surface area contributed by atoms with E-state index in [0.717, 1.165) is 0 Å². The van der Waals surface area contributed by atoms with Crippen molar-refractivity contribution in [2.24, 2.45) is 0 Å². The number of aromatic hydroxyl groups is 1.